The van der Waals surface area contributed by atoms with Crippen LogP contribution in [0.25, 0.3) is 0 Å². The summed E-state index contributed by atoms with van der Waals surface area (Å²) in [6.07, 6.45) is 0.905. The number of hydrogen-bond donors (Lipinski definition) is 3. The first-order chi connectivity index (χ1) is 9.08. The predicted octanol–water partition coefficient (Wildman–Crippen LogP) is 0.661. The monoisotopic (exact) mass is 267 g/mol. The Hall–Kier alpha value is -1.66. The highest BCUT2D eigenvalue weighted by Gasteiger charge is 2.23. The fraction of sp³-hybridized carbons (Fsp3) is 0.462. The maximum atomic E-state index is 12.9. The predicted molar refractivity (Wildman–Crippen MR) is 71.1 cm³/mol. The largest absolute Gasteiger partial charge is 0.397 e. The van der Waals surface area contributed by atoms with Crippen LogP contribution in [0, 0.1) is 11.7 Å². The van der Waals surface area contributed by atoms with Gasteiger partial charge in [-0.25, -0.2) is 4.39 Å². The van der Waals surface area contributed by atoms with Gasteiger partial charge >= 0.3 is 0 Å². The fourth-order valence-corrected chi connectivity index (χ4v) is 2.25. The van der Waals surface area contributed by atoms with Gasteiger partial charge in [0, 0.05) is 13.2 Å². The minimum atomic E-state index is -0.430. The molecule has 1 aromatic carbocycles. The molecule has 0 saturated carbocycles. The van der Waals surface area contributed by atoms with Crippen LogP contribution in [-0.4, -0.2) is 42.2 Å². The molecule has 1 saturated heterocycles. The standard InChI is InChI=1S/C13H18FN3O2/c14-10-1-2-12(11(15)5-10)16-13(19)7-17-4-3-9(6-17)8-18/h1-2,5,9,18H,3-4,6-8,15H2,(H,16,19). The minimum Gasteiger partial charge on any atom is -0.397 e. The van der Waals surface area contributed by atoms with Gasteiger partial charge in [-0.3, -0.25) is 9.69 Å². The summed E-state index contributed by atoms with van der Waals surface area (Å²) in [5.74, 6) is -0.360. The van der Waals surface area contributed by atoms with E-state index in [0.717, 1.165) is 19.5 Å². The summed E-state index contributed by atoms with van der Waals surface area (Å²) in [5, 5.41) is 11.7. The molecular weight excluding hydrogens is 249 g/mol. The number of likely N-dealkylation sites (tertiary alicyclic amines) is 1. The number of benzene rings is 1. The number of nitrogens with two attached hydrogens (primary N) is 1. The number of carbonyl (C=O) groups excluding carboxylic acids is 1. The Kier molecular flexibility index (Phi) is 4.34. The van der Waals surface area contributed by atoms with Crippen molar-refractivity contribution in [3.8, 4) is 0 Å². The third-order valence-corrected chi connectivity index (χ3v) is 3.28. The summed E-state index contributed by atoms with van der Waals surface area (Å²) in [4.78, 5) is 13.8. The van der Waals surface area contributed by atoms with Gasteiger partial charge in [-0.15, -0.1) is 0 Å². The van der Waals surface area contributed by atoms with Gasteiger partial charge in [-0.05, 0) is 37.1 Å². The van der Waals surface area contributed by atoms with Crippen LogP contribution in [0.4, 0.5) is 15.8 Å². The number of anilines is 2. The van der Waals surface area contributed by atoms with Crippen LogP contribution in [0.15, 0.2) is 18.2 Å². The highest BCUT2D eigenvalue weighted by atomic mass is 19.1. The maximum absolute atomic E-state index is 12.9. The van der Waals surface area contributed by atoms with E-state index in [1.165, 1.54) is 18.2 Å². The Bertz CT molecular complexity index is 467. The third-order valence-electron chi connectivity index (χ3n) is 3.28. The van der Waals surface area contributed by atoms with E-state index >= 15 is 0 Å². The molecule has 6 heteroatoms. The van der Waals surface area contributed by atoms with Crippen molar-refractivity contribution in [2.75, 3.05) is 37.3 Å². The van der Waals surface area contributed by atoms with E-state index in [4.69, 9.17) is 10.8 Å². The Balaban J connectivity index is 1.87. The summed E-state index contributed by atoms with van der Waals surface area (Å²) < 4.78 is 12.9. The van der Waals surface area contributed by atoms with Gasteiger partial charge in [-0.2, -0.15) is 0 Å². The van der Waals surface area contributed by atoms with Crippen LogP contribution in [0.1, 0.15) is 6.42 Å². The summed E-state index contributed by atoms with van der Waals surface area (Å²) >= 11 is 0. The molecule has 1 amide bonds. The average molecular weight is 267 g/mol. The molecule has 104 valence electrons. The SMILES string of the molecule is Nc1cc(F)ccc1NC(=O)CN1CCC(CO)C1. The lowest BCUT2D eigenvalue weighted by Gasteiger charge is -2.15. The second kappa shape index (κ2) is 5.99. The van der Waals surface area contributed by atoms with E-state index in [1.54, 1.807) is 0 Å². The number of nitrogen functional groups attached to an aromatic ring is 1. The van der Waals surface area contributed by atoms with Gasteiger partial charge in [0.15, 0.2) is 0 Å². The zero-order valence-corrected chi connectivity index (χ0v) is 10.6. The van der Waals surface area contributed by atoms with Crippen LogP contribution in [0.2, 0.25) is 0 Å². The van der Waals surface area contributed by atoms with E-state index < -0.39 is 5.82 Å². The molecule has 5 nitrogen and oxygen atoms in total. The van der Waals surface area contributed by atoms with Crippen molar-refractivity contribution in [3.05, 3.63) is 24.0 Å². The maximum Gasteiger partial charge on any atom is 0.238 e. The smallest absolute Gasteiger partial charge is 0.238 e. The number of nitrogens with one attached hydrogen (secondary N) is 1. The van der Waals surface area contributed by atoms with E-state index in [-0.39, 0.29) is 30.7 Å². The lowest BCUT2D eigenvalue weighted by atomic mass is 10.1. The Morgan fingerprint density at radius 1 is 1.58 bits per heavy atom. The summed E-state index contributed by atoms with van der Waals surface area (Å²) in [5.41, 5.74) is 6.25. The van der Waals surface area contributed by atoms with E-state index in [0.29, 0.717) is 5.69 Å². The van der Waals surface area contributed by atoms with Crippen LogP contribution in [-0.2, 0) is 4.79 Å². The highest BCUT2D eigenvalue weighted by molar-refractivity contribution is 5.95. The summed E-state index contributed by atoms with van der Waals surface area (Å²) in [6, 6.07) is 3.87. The number of nitrogens with zero attached hydrogens (tertiary/aromatic N) is 1. The molecule has 1 aliphatic rings. The Morgan fingerprint density at radius 3 is 3.00 bits per heavy atom. The molecule has 0 aromatic heterocycles. The van der Waals surface area contributed by atoms with Crippen LogP contribution in [0.5, 0.6) is 0 Å². The number of aliphatic hydroxyl groups excluding tert-OH is 1. The summed E-state index contributed by atoms with van der Waals surface area (Å²) in [7, 11) is 0. The lowest BCUT2D eigenvalue weighted by Crippen LogP contribution is -2.32. The molecule has 1 fully saturated rings. The number of halogens is 1. The molecule has 1 heterocycles. The fourth-order valence-electron chi connectivity index (χ4n) is 2.25. The molecule has 2 rings (SSSR count). The quantitative estimate of drug-likeness (QED) is 0.700. The van der Waals surface area contributed by atoms with Crippen LogP contribution >= 0.6 is 0 Å². The van der Waals surface area contributed by atoms with Crippen molar-refractivity contribution in [2.24, 2.45) is 5.92 Å². The molecule has 1 unspecified atom stereocenters. The normalized spacial score (nSPS) is 19.6. The third kappa shape index (κ3) is 3.65. The minimum absolute atomic E-state index is 0.156. The highest BCUT2D eigenvalue weighted by Crippen LogP contribution is 2.19. The van der Waals surface area contributed by atoms with Gasteiger partial charge in [0.2, 0.25) is 5.91 Å². The molecule has 19 heavy (non-hydrogen) atoms. The number of aliphatic hydroxyl groups is 1. The first-order valence-corrected chi connectivity index (χ1v) is 6.26. The molecule has 1 atom stereocenters. The summed E-state index contributed by atoms with van der Waals surface area (Å²) in [6.45, 7) is 1.94. The van der Waals surface area contributed by atoms with Gasteiger partial charge in [0.25, 0.3) is 0 Å². The Labute approximate surface area is 111 Å². The van der Waals surface area contributed by atoms with Crippen molar-refractivity contribution in [1.82, 2.24) is 4.90 Å². The molecule has 4 N–H and O–H groups in total. The number of amides is 1. The zero-order valence-electron chi connectivity index (χ0n) is 10.6. The first kappa shape index (κ1) is 13.8. The average Bonchev–Trinajstić information content (AvgIpc) is 2.80. The molecule has 0 spiro atoms. The van der Waals surface area contributed by atoms with Crippen molar-refractivity contribution in [2.45, 2.75) is 6.42 Å². The molecular formula is C13H18FN3O2. The van der Waals surface area contributed by atoms with E-state index in [2.05, 4.69) is 5.32 Å². The van der Waals surface area contributed by atoms with Gasteiger partial charge in [0.1, 0.15) is 5.82 Å². The Morgan fingerprint density at radius 2 is 2.37 bits per heavy atom. The first-order valence-electron chi connectivity index (χ1n) is 6.26. The molecule has 0 radical (unpaired) electrons. The van der Waals surface area contributed by atoms with Gasteiger partial charge < -0.3 is 16.2 Å². The number of rotatable bonds is 4. The lowest BCUT2D eigenvalue weighted by molar-refractivity contribution is -0.117. The molecule has 1 aliphatic heterocycles. The zero-order chi connectivity index (χ0) is 13.8. The van der Waals surface area contributed by atoms with Gasteiger partial charge in [-0.1, -0.05) is 0 Å². The van der Waals surface area contributed by atoms with Crippen LogP contribution in [0.3, 0.4) is 0 Å². The molecule has 1 aromatic rings. The van der Waals surface area contributed by atoms with E-state index in [1.807, 2.05) is 4.90 Å². The van der Waals surface area contributed by atoms with Crippen LogP contribution < -0.4 is 11.1 Å². The van der Waals surface area contributed by atoms with E-state index in [9.17, 15) is 9.18 Å². The number of carbonyl (C=O) groups is 1. The second-order valence-corrected chi connectivity index (χ2v) is 4.85. The van der Waals surface area contributed by atoms with Crippen molar-refractivity contribution in [1.29, 1.82) is 0 Å². The number of hydrogen-bond acceptors (Lipinski definition) is 4. The molecule has 0 bridgehead atoms. The van der Waals surface area contributed by atoms with Crippen molar-refractivity contribution < 1.29 is 14.3 Å². The topological polar surface area (TPSA) is 78.6 Å². The van der Waals surface area contributed by atoms with Crippen molar-refractivity contribution in [3.63, 3.8) is 0 Å². The van der Waals surface area contributed by atoms with Crippen molar-refractivity contribution >= 4 is 17.3 Å². The second-order valence-electron chi connectivity index (χ2n) is 4.85. The molecule has 0 aliphatic carbocycles. The van der Waals surface area contributed by atoms with Gasteiger partial charge in [0.05, 0.1) is 17.9 Å².